The molecule has 4 nitrogen and oxygen atoms in total. The van der Waals surface area contributed by atoms with Crippen molar-refractivity contribution in [1.29, 1.82) is 0 Å². The Morgan fingerprint density at radius 2 is 1.95 bits per heavy atom. The summed E-state index contributed by atoms with van der Waals surface area (Å²) in [6.45, 7) is 8.45. The second kappa shape index (κ2) is 7.78. The molecule has 0 radical (unpaired) electrons. The molecule has 1 aromatic heterocycles. The quantitative estimate of drug-likeness (QED) is 0.659. The van der Waals surface area contributed by atoms with Gasteiger partial charge >= 0.3 is 0 Å². The monoisotopic (exact) mass is 302 g/mol. The van der Waals surface area contributed by atoms with Gasteiger partial charge in [-0.15, -0.1) is 11.3 Å². The first-order valence-corrected chi connectivity index (χ1v) is 7.98. The minimum Gasteiger partial charge on any atom is -0.357 e. The van der Waals surface area contributed by atoms with E-state index in [4.69, 9.17) is 0 Å². The molecular weight excluding hydrogens is 280 g/mol. The van der Waals surface area contributed by atoms with Gasteiger partial charge < -0.3 is 10.6 Å². The van der Waals surface area contributed by atoms with E-state index in [1.165, 1.54) is 16.0 Å². The smallest absolute Gasteiger partial charge is 0.191 e. The van der Waals surface area contributed by atoms with Crippen LogP contribution in [0.25, 0.3) is 0 Å². The van der Waals surface area contributed by atoms with Gasteiger partial charge in [0.15, 0.2) is 5.96 Å². The lowest BCUT2D eigenvalue weighted by molar-refractivity contribution is 0.811. The Morgan fingerprint density at radius 3 is 2.57 bits per heavy atom. The van der Waals surface area contributed by atoms with Crippen LogP contribution in [0.1, 0.15) is 27.9 Å². The Kier molecular flexibility index (Phi) is 5.75. The molecule has 0 saturated carbocycles. The number of thiazole rings is 1. The van der Waals surface area contributed by atoms with E-state index in [0.717, 1.165) is 17.5 Å². The van der Waals surface area contributed by atoms with Crippen molar-refractivity contribution in [2.24, 2.45) is 4.99 Å². The average molecular weight is 302 g/mol. The minimum atomic E-state index is 0.673. The third-order valence-corrected chi connectivity index (χ3v) is 3.87. The largest absolute Gasteiger partial charge is 0.357 e. The zero-order chi connectivity index (χ0) is 15.1. The molecule has 0 aliphatic carbocycles. The van der Waals surface area contributed by atoms with Gasteiger partial charge in [0.2, 0.25) is 0 Å². The number of benzene rings is 1. The molecular formula is C16H22N4S. The molecule has 0 fully saturated rings. The van der Waals surface area contributed by atoms with E-state index < -0.39 is 0 Å². The van der Waals surface area contributed by atoms with Crippen LogP contribution in [0.4, 0.5) is 0 Å². The topological polar surface area (TPSA) is 49.3 Å². The molecule has 0 saturated heterocycles. The average Bonchev–Trinajstić information content (AvgIpc) is 2.89. The zero-order valence-corrected chi connectivity index (χ0v) is 13.6. The summed E-state index contributed by atoms with van der Waals surface area (Å²) < 4.78 is 0. The molecule has 21 heavy (non-hydrogen) atoms. The Labute approximate surface area is 130 Å². The molecule has 0 aliphatic rings. The van der Waals surface area contributed by atoms with Crippen molar-refractivity contribution >= 4 is 17.3 Å². The summed E-state index contributed by atoms with van der Waals surface area (Å²) in [5.41, 5.74) is 2.48. The molecule has 0 bridgehead atoms. The summed E-state index contributed by atoms with van der Waals surface area (Å²) >= 11 is 1.71. The van der Waals surface area contributed by atoms with E-state index in [1.807, 2.05) is 6.20 Å². The number of aromatic nitrogens is 1. The van der Waals surface area contributed by atoms with Gasteiger partial charge in [0.05, 0.1) is 13.1 Å². The van der Waals surface area contributed by atoms with Crippen molar-refractivity contribution in [1.82, 2.24) is 15.6 Å². The number of rotatable bonds is 5. The van der Waals surface area contributed by atoms with Gasteiger partial charge in [-0.3, -0.25) is 0 Å². The highest BCUT2D eigenvalue weighted by Gasteiger charge is 2.01. The first kappa shape index (κ1) is 15.5. The molecule has 112 valence electrons. The fourth-order valence-corrected chi connectivity index (χ4v) is 2.57. The van der Waals surface area contributed by atoms with Crippen LogP contribution < -0.4 is 10.6 Å². The Hall–Kier alpha value is -1.88. The van der Waals surface area contributed by atoms with Gasteiger partial charge in [-0.05, 0) is 26.3 Å². The maximum Gasteiger partial charge on any atom is 0.191 e. The molecule has 0 spiro atoms. The first-order valence-electron chi connectivity index (χ1n) is 7.16. The van der Waals surface area contributed by atoms with Crippen molar-refractivity contribution in [2.45, 2.75) is 33.9 Å². The number of guanidine groups is 1. The Bertz CT molecular complexity index is 587. The SMILES string of the molecule is CCNC(=NCc1ccc(C)cc1)NCc1ncc(C)s1. The number of nitrogens with one attached hydrogen (secondary N) is 2. The minimum absolute atomic E-state index is 0.673. The summed E-state index contributed by atoms with van der Waals surface area (Å²) in [4.78, 5) is 10.2. The summed E-state index contributed by atoms with van der Waals surface area (Å²) in [7, 11) is 0. The number of nitrogens with zero attached hydrogens (tertiary/aromatic N) is 2. The van der Waals surface area contributed by atoms with E-state index in [-0.39, 0.29) is 0 Å². The predicted molar refractivity (Wildman–Crippen MR) is 89.7 cm³/mol. The van der Waals surface area contributed by atoms with Crippen LogP contribution >= 0.6 is 11.3 Å². The van der Waals surface area contributed by atoms with Gasteiger partial charge in [-0.2, -0.15) is 0 Å². The van der Waals surface area contributed by atoms with Gasteiger partial charge in [-0.1, -0.05) is 29.8 Å². The second-order valence-electron chi connectivity index (χ2n) is 4.90. The Morgan fingerprint density at radius 1 is 1.19 bits per heavy atom. The van der Waals surface area contributed by atoms with E-state index >= 15 is 0 Å². The summed E-state index contributed by atoms with van der Waals surface area (Å²) in [5.74, 6) is 0.825. The van der Waals surface area contributed by atoms with Crippen LogP contribution in [-0.4, -0.2) is 17.5 Å². The molecule has 0 amide bonds. The van der Waals surface area contributed by atoms with Crippen LogP contribution in [0.5, 0.6) is 0 Å². The molecule has 5 heteroatoms. The second-order valence-corrected chi connectivity index (χ2v) is 6.22. The van der Waals surface area contributed by atoms with Crippen molar-refractivity contribution in [3.05, 3.63) is 51.5 Å². The van der Waals surface area contributed by atoms with E-state index in [2.05, 4.69) is 65.6 Å². The Balaban J connectivity index is 1.93. The third-order valence-electron chi connectivity index (χ3n) is 2.96. The number of hydrogen-bond donors (Lipinski definition) is 2. The fourth-order valence-electron chi connectivity index (χ4n) is 1.85. The van der Waals surface area contributed by atoms with Gasteiger partial charge in [-0.25, -0.2) is 9.98 Å². The molecule has 2 rings (SSSR count). The number of aryl methyl sites for hydroxylation is 2. The fraction of sp³-hybridized carbons (Fsp3) is 0.375. The predicted octanol–water partition coefficient (Wildman–Crippen LogP) is 3.02. The van der Waals surface area contributed by atoms with Crippen LogP contribution in [0, 0.1) is 13.8 Å². The van der Waals surface area contributed by atoms with Crippen molar-refractivity contribution in [3.8, 4) is 0 Å². The lowest BCUT2D eigenvalue weighted by Gasteiger charge is -2.10. The lowest BCUT2D eigenvalue weighted by Crippen LogP contribution is -2.36. The summed E-state index contributed by atoms with van der Waals surface area (Å²) in [6, 6.07) is 8.46. The maximum atomic E-state index is 4.61. The standard InChI is InChI=1S/C16H22N4S/c1-4-17-16(20-11-15-18-9-13(3)21-15)19-10-14-7-5-12(2)6-8-14/h5-9H,4,10-11H2,1-3H3,(H2,17,19,20). The molecule has 2 N–H and O–H groups in total. The highest BCUT2D eigenvalue weighted by Crippen LogP contribution is 2.10. The van der Waals surface area contributed by atoms with Gasteiger partial charge in [0, 0.05) is 17.6 Å². The van der Waals surface area contributed by atoms with E-state index in [9.17, 15) is 0 Å². The zero-order valence-electron chi connectivity index (χ0n) is 12.8. The van der Waals surface area contributed by atoms with Gasteiger partial charge in [0.1, 0.15) is 5.01 Å². The first-order chi connectivity index (χ1) is 10.2. The van der Waals surface area contributed by atoms with Crippen molar-refractivity contribution in [2.75, 3.05) is 6.54 Å². The highest BCUT2D eigenvalue weighted by molar-refractivity contribution is 7.11. The maximum absolute atomic E-state index is 4.61. The highest BCUT2D eigenvalue weighted by atomic mass is 32.1. The number of hydrogen-bond acceptors (Lipinski definition) is 3. The normalized spacial score (nSPS) is 11.5. The molecule has 0 atom stereocenters. The molecule has 0 unspecified atom stereocenters. The summed E-state index contributed by atoms with van der Waals surface area (Å²) in [6.07, 6.45) is 1.90. The molecule has 1 heterocycles. The van der Waals surface area contributed by atoms with Gasteiger partial charge in [0.25, 0.3) is 0 Å². The molecule has 2 aromatic rings. The number of aliphatic imine (C=N–C) groups is 1. The lowest BCUT2D eigenvalue weighted by atomic mass is 10.1. The van der Waals surface area contributed by atoms with Crippen molar-refractivity contribution < 1.29 is 0 Å². The van der Waals surface area contributed by atoms with E-state index in [0.29, 0.717) is 13.1 Å². The van der Waals surface area contributed by atoms with Crippen LogP contribution in [0.3, 0.4) is 0 Å². The molecule has 1 aromatic carbocycles. The van der Waals surface area contributed by atoms with Crippen LogP contribution in [-0.2, 0) is 13.1 Å². The van der Waals surface area contributed by atoms with Crippen LogP contribution in [0.15, 0.2) is 35.5 Å². The van der Waals surface area contributed by atoms with Crippen molar-refractivity contribution in [3.63, 3.8) is 0 Å². The van der Waals surface area contributed by atoms with Crippen LogP contribution in [0.2, 0.25) is 0 Å². The molecule has 0 aliphatic heterocycles. The van der Waals surface area contributed by atoms with E-state index in [1.54, 1.807) is 11.3 Å². The summed E-state index contributed by atoms with van der Waals surface area (Å²) in [5, 5.41) is 7.65. The third kappa shape index (κ3) is 5.19.